The van der Waals surface area contributed by atoms with Crippen molar-refractivity contribution >= 4 is 33.6 Å². The molecular weight excluding hydrogens is 374 g/mol. The number of benzene rings is 1. The Hall–Kier alpha value is -1.40. The largest absolute Gasteiger partial charge is 0.353 e. The highest BCUT2D eigenvalue weighted by Crippen LogP contribution is 2.22. The van der Waals surface area contributed by atoms with Crippen LogP contribution in [0, 0.1) is 0 Å². The van der Waals surface area contributed by atoms with Crippen molar-refractivity contribution in [1.82, 2.24) is 15.5 Å². The molecular formula is C17H18BrN3OS. The van der Waals surface area contributed by atoms with Crippen LogP contribution in [0.15, 0.2) is 45.9 Å². The van der Waals surface area contributed by atoms with Gasteiger partial charge in [-0.25, -0.2) is 0 Å². The highest BCUT2D eigenvalue weighted by atomic mass is 79.9. The molecule has 1 aromatic carbocycles. The minimum absolute atomic E-state index is 0.0840. The first-order valence-corrected chi connectivity index (χ1v) is 9.50. The van der Waals surface area contributed by atoms with Gasteiger partial charge in [0.1, 0.15) is 5.03 Å². The summed E-state index contributed by atoms with van der Waals surface area (Å²) in [5.41, 5.74) is 1.86. The molecule has 1 amide bonds. The molecule has 3 rings (SSSR count). The van der Waals surface area contributed by atoms with Crippen LogP contribution >= 0.6 is 27.7 Å². The summed E-state index contributed by atoms with van der Waals surface area (Å²) in [5, 5.41) is 12.3. The van der Waals surface area contributed by atoms with E-state index in [2.05, 4.69) is 31.4 Å². The van der Waals surface area contributed by atoms with Gasteiger partial charge in [-0.2, -0.15) is 0 Å². The topological polar surface area (TPSA) is 54.9 Å². The van der Waals surface area contributed by atoms with Crippen LogP contribution in [0.1, 0.15) is 25.7 Å². The summed E-state index contributed by atoms with van der Waals surface area (Å²) in [4.78, 5) is 11.9. The van der Waals surface area contributed by atoms with Gasteiger partial charge in [0.05, 0.1) is 11.4 Å². The van der Waals surface area contributed by atoms with Crippen LogP contribution in [0.5, 0.6) is 0 Å². The summed E-state index contributed by atoms with van der Waals surface area (Å²) >= 11 is 4.84. The molecule has 1 fully saturated rings. The maximum atomic E-state index is 11.9. The van der Waals surface area contributed by atoms with E-state index in [1.165, 1.54) is 24.6 Å². The number of hydrogen-bond donors (Lipinski definition) is 1. The molecule has 0 aliphatic heterocycles. The number of amides is 1. The van der Waals surface area contributed by atoms with Crippen molar-refractivity contribution in [2.75, 3.05) is 5.75 Å². The average molecular weight is 392 g/mol. The molecule has 1 aromatic heterocycles. The lowest BCUT2D eigenvalue weighted by atomic mass is 10.1. The second-order valence-corrected chi connectivity index (χ2v) is 7.51. The van der Waals surface area contributed by atoms with Gasteiger partial charge in [0.25, 0.3) is 0 Å². The monoisotopic (exact) mass is 391 g/mol. The highest BCUT2D eigenvalue weighted by Gasteiger charge is 2.17. The third kappa shape index (κ3) is 4.78. The Kier molecular flexibility index (Phi) is 5.67. The number of carbonyl (C=O) groups is 1. The van der Waals surface area contributed by atoms with Gasteiger partial charge >= 0.3 is 0 Å². The van der Waals surface area contributed by atoms with Crippen molar-refractivity contribution in [3.8, 4) is 11.3 Å². The van der Waals surface area contributed by atoms with E-state index in [9.17, 15) is 4.79 Å². The standard InChI is InChI=1S/C17H18BrN3OS/c18-13-7-5-12(6-8-13)15-9-10-17(21-20-15)23-11-16(22)19-14-3-1-2-4-14/h5-10,14H,1-4,11H2,(H,19,22). The fourth-order valence-electron chi connectivity index (χ4n) is 2.65. The Morgan fingerprint density at radius 1 is 1.13 bits per heavy atom. The van der Waals surface area contributed by atoms with E-state index in [0.29, 0.717) is 11.8 Å². The first-order chi connectivity index (χ1) is 11.2. The fraction of sp³-hybridized carbons (Fsp3) is 0.353. The van der Waals surface area contributed by atoms with Crippen molar-refractivity contribution in [2.45, 2.75) is 36.8 Å². The quantitative estimate of drug-likeness (QED) is 0.780. The zero-order valence-corrected chi connectivity index (χ0v) is 15.1. The van der Waals surface area contributed by atoms with Gasteiger partial charge in [0, 0.05) is 16.1 Å². The first-order valence-electron chi connectivity index (χ1n) is 7.72. The van der Waals surface area contributed by atoms with Crippen molar-refractivity contribution < 1.29 is 4.79 Å². The van der Waals surface area contributed by atoms with Gasteiger partial charge in [-0.3, -0.25) is 4.79 Å². The summed E-state index contributed by atoms with van der Waals surface area (Å²) in [6, 6.07) is 12.2. The SMILES string of the molecule is O=C(CSc1ccc(-c2ccc(Br)cc2)nn1)NC1CCCC1. The van der Waals surface area contributed by atoms with Gasteiger partial charge in [-0.05, 0) is 37.1 Å². The van der Waals surface area contributed by atoms with Crippen molar-refractivity contribution in [1.29, 1.82) is 0 Å². The smallest absolute Gasteiger partial charge is 0.230 e. The molecule has 23 heavy (non-hydrogen) atoms. The van der Waals surface area contributed by atoms with Gasteiger partial charge in [0.15, 0.2) is 0 Å². The van der Waals surface area contributed by atoms with E-state index in [1.807, 2.05) is 36.4 Å². The number of rotatable bonds is 5. The Labute approximate surface area is 148 Å². The van der Waals surface area contributed by atoms with Crippen LogP contribution in [0.3, 0.4) is 0 Å². The first kappa shape index (κ1) is 16.5. The average Bonchev–Trinajstić information content (AvgIpc) is 3.07. The van der Waals surface area contributed by atoms with Crippen LogP contribution in [0.4, 0.5) is 0 Å². The lowest BCUT2D eigenvalue weighted by Crippen LogP contribution is -2.33. The minimum Gasteiger partial charge on any atom is -0.353 e. The van der Waals surface area contributed by atoms with Crippen LogP contribution < -0.4 is 5.32 Å². The van der Waals surface area contributed by atoms with Crippen molar-refractivity contribution in [3.63, 3.8) is 0 Å². The van der Waals surface area contributed by atoms with Gasteiger partial charge < -0.3 is 5.32 Å². The highest BCUT2D eigenvalue weighted by molar-refractivity contribution is 9.10. The van der Waals surface area contributed by atoms with Crippen LogP contribution in [-0.4, -0.2) is 27.9 Å². The molecule has 6 heteroatoms. The normalized spacial score (nSPS) is 14.8. The molecule has 4 nitrogen and oxygen atoms in total. The lowest BCUT2D eigenvalue weighted by Gasteiger charge is -2.11. The van der Waals surface area contributed by atoms with E-state index in [4.69, 9.17) is 0 Å². The molecule has 2 aromatic rings. The molecule has 0 bridgehead atoms. The van der Waals surface area contributed by atoms with Crippen molar-refractivity contribution in [3.05, 3.63) is 40.9 Å². The van der Waals surface area contributed by atoms with E-state index in [0.717, 1.165) is 33.6 Å². The van der Waals surface area contributed by atoms with Gasteiger partial charge in [-0.1, -0.05) is 52.7 Å². The summed E-state index contributed by atoms with van der Waals surface area (Å²) in [6.45, 7) is 0. The molecule has 0 spiro atoms. The molecule has 1 aliphatic carbocycles. The molecule has 0 radical (unpaired) electrons. The predicted octanol–water partition coefficient (Wildman–Crippen LogP) is 4.06. The Balaban J connectivity index is 1.53. The van der Waals surface area contributed by atoms with Gasteiger partial charge in [0.2, 0.25) is 5.91 Å². The zero-order chi connectivity index (χ0) is 16.1. The maximum Gasteiger partial charge on any atom is 0.230 e. The number of halogens is 1. The van der Waals surface area contributed by atoms with E-state index in [-0.39, 0.29) is 5.91 Å². The van der Waals surface area contributed by atoms with E-state index in [1.54, 1.807) is 0 Å². The number of thioether (sulfide) groups is 1. The molecule has 120 valence electrons. The molecule has 0 atom stereocenters. The second kappa shape index (κ2) is 7.93. The van der Waals surface area contributed by atoms with E-state index < -0.39 is 0 Å². The van der Waals surface area contributed by atoms with E-state index >= 15 is 0 Å². The number of aromatic nitrogens is 2. The molecule has 0 unspecified atom stereocenters. The molecule has 1 heterocycles. The Morgan fingerprint density at radius 2 is 1.87 bits per heavy atom. The third-order valence-corrected chi connectivity index (χ3v) is 5.30. The third-order valence-electron chi connectivity index (χ3n) is 3.85. The minimum atomic E-state index is 0.0840. The summed E-state index contributed by atoms with van der Waals surface area (Å²) < 4.78 is 1.04. The summed E-state index contributed by atoms with van der Waals surface area (Å²) in [5.74, 6) is 0.476. The number of nitrogens with one attached hydrogen (secondary N) is 1. The summed E-state index contributed by atoms with van der Waals surface area (Å²) in [6.07, 6.45) is 4.67. The Morgan fingerprint density at radius 3 is 2.52 bits per heavy atom. The van der Waals surface area contributed by atoms with Gasteiger partial charge in [-0.15, -0.1) is 10.2 Å². The van der Waals surface area contributed by atoms with Crippen LogP contribution in [0.2, 0.25) is 0 Å². The predicted molar refractivity (Wildman–Crippen MR) is 96.3 cm³/mol. The summed E-state index contributed by atoms with van der Waals surface area (Å²) in [7, 11) is 0. The molecule has 1 aliphatic rings. The molecule has 0 saturated heterocycles. The lowest BCUT2D eigenvalue weighted by molar-refractivity contribution is -0.119. The maximum absolute atomic E-state index is 11.9. The fourth-order valence-corrected chi connectivity index (χ4v) is 3.54. The molecule has 1 N–H and O–H groups in total. The van der Waals surface area contributed by atoms with Crippen LogP contribution in [0.25, 0.3) is 11.3 Å². The number of hydrogen-bond acceptors (Lipinski definition) is 4. The van der Waals surface area contributed by atoms with Crippen LogP contribution in [-0.2, 0) is 4.79 Å². The van der Waals surface area contributed by atoms with Crippen molar-refractivity contribution in [2.24, 2.45) is 0 Å². The second-order valence-electron chi connectivity index (χ2n) is 5.60. The molecule has 1 saturated carbocycles. The number of nitrogens with zero attached hydrogens (tertiary/aromatic N) is 2. The zero-order valence-electron chi connectivity index (χ0n) is 12.7. The number of carbonyl (C=O) groups excluding carboxylic acids is 1. The Bertz CT molecular complexity index is 655.